The van der Waals surface area contributed by atoms with Gasteiger partial charge in [0.25, 0.3) is 0 Å². The predicted molar refractivity (Wildman–Crippen MR) is 92.5 cm³/mol. The molecule has 1 unspecified atom stereocenters. The zero-order valence-corrected chi connectivity index (χ0v) is 15.0. The second kappa shape index (κ2) is 7.56. The molecule has 5 heteroatoms. The summed E-state index contributed by atoms with van der Waals surface area (Å²) in [5.74, 6) is 0.499. The van der Waals surface area contributed by atoms with Gasteiger partial charge in [-0.05, 0) is 39.4 Å². The molecule has 2 heterocycles. The SMILES string of the molecule is CCNCc1sc(N2CCCC2CN(C)C)nc1C(C)C. The predicted octanol–water partition coefficient (Wildman–Crippen LogP) is 2.91. The molecule has 1 aliphatic rings. The van der Waals surface area contributed by atoms with Gasteiger partial charge in [0.2, 0.25) is 0 Å². The van der Waals surface area contributed by atoms with Crippen LogP contribution in [0.15, 0.2) is 0 Å². The van der Waals surface area contributed by atoms with E-state index >= 15 is 0 Å². The molecule has 1 aliphatic heterocycles. The van der Waals surface area contributed by atoms with E-state index in [1.165, 1.54) is 28.5 Å². The van der Waals surface area contributed by atoms with Crippen LogP contribution >= 0.6 is 11.3 Å². The van der Waals surface area contributed by atoms with Gasteiger partial charge in [0.05, 0.1) is 5.69 Å². The van der Waals surface area contributed by atoms with Crippen LogP contribution in [-0.4, -0.2) is 49.7 Å². The quantitative estimate of drug-likeness (QED) is 0.839. The minimum atomic E-state index is 0.499. The number of thiazole rings is 1. The van der Waals surface area contributed by atoms with Gasteiger partial charge in [0.15, 0.2) is 5.13 Å². The highest BCUT2D eigenvalue weighted by atomic mass is 32.1. The molecule has 0 spiro atoms. The summed E-state index contributed by atoms with van der Waals surface area (Å²) in [6, 6.07) is 0.623. The lowest BCUT2D eigenvalue weighted by Crippen LogP contribution is -2.37. The number of nitrogens with one attached hydrogen (secondary N) is 1. The highest BCUT2D eigenvalue weighted by Crippen LogP contribution is 2.34. The van der Waals surface area contributed by atoms with Gasteiger partial charge in [0.1, 0.15) is 0 Å². The molecule has 21 heavy (non-hydrogen) atoms. The van der Waals surface area contributed by atoms with Crippen LogP contribution in [-0.2, 0) is 6.54 Å². The fourth-order valence-electron chi connectivity index (χ4n) is 2.99. The molecule has 4 nitrogen and oxygen atoms in total. The minimum Gasteiger partial charge on any atom is -0.344 e. The molecule has 0 radical (unpaired) electrons. The Balaban J connectivity index is 2.18. The lowest BCUT2D eigenvalue weighted by molar-refractivity contribution is 0.372. The number of hydrogen-bond donors (Lipinski definition) is 1. The summed E-state index contributed by atoms with van der Waals surface area (Å²) in [5, 5.41) is 4.68. The maximum absolute atomic E-state index is 4.99. The van der Waals surface area contributed by atoms with Crippen molar-refractivity contribution < 1.29 is 0 Å². The van der Waals surface area contributed by atoms with Crippen molar-refractivity contribution >= 4 is 16.5 Å². The Morgan fingerprint density at radius 2 is 2.19 bits per heavy atom. The van der Waals surface area contributed by atoms with Gasteiger partial charge < -0.3 is 15.1 Å². The van der Waals surface area contributed by atoms with Crippen LogP contribution in [0.4, 0.5) is 5.13 Å². The molecule has 0 amide bonds. The summed E-state index contributed by atoms with van der Waals surface area (Å²) in [6.45, 7) is 10.9. The average molecular weight is 311 g/mol. The fourth-order valence-corrected chi connectivity index (χ4v) is 4.27. The molecule has 1 fully saturated rings. The number of anilines is 1. The molecule has 120 valence electrons. The largest absolute Gasteiger partial charge is 0.344 e. The van der Waals surface area contributed by atoms with E-state index in [0.29, 0.717) is 12.0 Å². The summed E-state index contributed by atoms with van der Waals surface area (Å²) in [5.41, 5.74) is 1.28. The molecule has 1 aromatic rings. The maximum Gasteiger partial charge on any atom is 0.186 e. The first-order chi connectivity index (χ1) is 10.0. The maximum atomic E-state index is 4.99. The van der Waals surface area contributed by atoms with Gasteiger partial charge in [-0.1, -0.05) is 20.8 Å². The van der Waals surface area contributed by atoms with Gasteiger partial charge in [-0.15, -0.1) is 11.3 Å². The van der Waals surface area contributed by atoms with Crippen molar-refractivity contribution in [2.45, 2.75) is 52.1 Å². The van der Waals surface area contributed by atoms with Crippen molar-refractivity contribution in [2.75, 3.05) is 38.6 Å². The van der Waals surface area contributed by atoms with Crippen LogP contribution in [0.3, 0.4) is 0 Å². The normalized spacial score (nSPS) is 19.2. The zero-order valence-electron chi connectivity index (χ0n) is 14.1. The summed E-state index contributed by atoms with van der Waals surface area (Å²) >= 11 is 1.89. The van der Waals surface area contributed by atoms with Crippen LogP contribution in [0.1, 0.15) is 50.1 Å². The average Bonchev–Trinajstić information content (AvgIpc) is 3.01. The standard InChI is InChI=1S/C16H30N4S/c1-6-17-10-14-15(12(2)3)18-16(21-14)20-9-7-8-13(20)11-19(4)5/h12-13,17H,6-11H2,1-5H3. The number of hydrogen-bond acceptors (Lipinski definition) is 5. The summed E-state index contributed by atoms with van der Waals surface area (Å²) in [7, 11) is 4.32. The summed E-state index contributed by atoms with van der Waals surface area (Å²) < 4.78 is 0. The molecule has 1 N–H and O–H groups in total. The van der Waals surface area contributed by atoms with Gasteiger partial charge in [-0.2, -0.15) is 0 Å². The van der Waals surface area contributed by atoms with Gasteiger partial charge in [0, 0.05) is 30.6 Å². The highest BCUT2D eigenvalue weighted by Gasteiger charge is 2.28. The first kappa shape index (κ1) is 16.7. The number of likely N-dealkylation sites (N-methyl/N-ethyl adjacent to an activating group) is 1. The molecular weight excluding hydrogens is 280 g/mol. The fraction of sp³-hybridized carbons (Fsp3) is 0.812. The minimum absolute atomic E-state index is 0.499. The lowest BCUT2D eigenvalue weighted by Gasteiger charge is -2.26. The molecule has 1 atom stereocenters. The third-order valence-electron chi connectivity index (χ3n) is 4.00. The Kier molecular flexibility index (Phi) is 6.02. The highest BCUT2D eigenvalue weighted by molar-refractivity contribution is 7.15. The lowest BCUT2D eigenvalue weighted by atomic mass is 10.1. The Morgan fingerprint density at radius 1 is 1.43 bits per heavy atom. The number of nitrogens with zero attached hydrogens (tertiary/aromatic N) is 3. The Morgan fingerprint density at radius 3 is 2.81 bits per heavy atom. The summed E-state index contributed by atoms with van der Waals surface area (Å²) in [6.07, 6.45) is 2.58. The van der Waals surface area contributed by atoms with Crippen molar-refractivity contribution in [2.24, 2.45) is 0 Å². The smallest absolute Gasteiger partial charge is 0.186 e. The molecule has 0 bridgehead atoms. The first-order valence-electron chi connectivity index (χ1n) is 8.14. The van der Waals surface area contributed by atoms with Crippen LogP contribution in [0.2, 0.25) is 0 Å². The topological polar surface area (TPSA) is 31.4 Å². The summed E-state index contributed by atoms with van der Waals surface area (Å²) in [4.78, 5) is 11.2. The van der Waals surface area contributed by atoms with E-state index in [1.807, 2.05) is 11.3 Å². The molecule has 0 saturated carbocycles. The Bertz CT molecular complexity index is 441. The third kappa shape index (κ3) is 4.18. The van der Waals surface area contributed by atoms with Crippen molar-refractivity contribution in [1.29, 1.82) is 0 Å². The number of aromatic nitrogens is 1. The van der Waals surface area contributed by atoms with Gasteiger partial charge in [-0.25, -0.2) is 4.98 Å². The monoisotopic (exact) mass is 310 g/mol. The van der Waals surface area contributed by atoms with E-state index < -0.39 is 0 Å². The van der Waals surface area contributed by atoms with Crippen molar-refractivity contribution in [1.82, 2.24) is 15.2 Å². The van der Waals surface area contributed by atoms with E-state index in [-0.39, 0.29) is 0 Å². The van der Waals surface area contributed by atoms with Crippen LogP contribution < -0.4 is 10.2 Å². The molecule has 0 aliphatic carbocycles. The van der Waals surface area contributed by atoms with Crippen molar-refractivity contribution in [3.8, 4) is 0 Å². The van der Waals surface area contributed by atoms with Crippen LogP contribution in [0, 0.1) is 0 Å². The van der Waals surface area contributed by atoms with Gasteiger partial charge in [-0.3, -0.25) is 0 Å². The van der Waals surface area contributed by atoms with Crippen molar-refractivity contribution in [3.05, 3.63) is 10.6 Å². The molecular formula is C16H30N4S. The molecule has 1 saturated heterocycles. The molecule has 0 aromatic carbocycles. The Hall–Kier alpha value is -0.650. The van der Waals surface area contributed by atoms with Gasteiger partial charge >= 0.3 is 0 Å². The molecule has 2 rings (SSSR count). The second-order valence-corrected chi connectivity index (χ2v) is 7.55. The van der Waals surface area contributed by atoms with Crippen LogP contribution in [0.5, 0.6) is 0 Å². The zero-order chi connectivity index (χ0) is 15.4. The van der Waals surface area contributed by atoms with E-state index in [2.05, 4.69) is 50.0 Å². The second-order valence-electron chi connectivity index (χ2n) is 6.49. The van der Waals surface area contributed by atoms with E-state index in [4.69, 9.17) is 4.98 Å². The Labute approximate surface area is 133 Å². The van der Waals surface area contributed by atoms with Crippen molar-refractivity contribution in [3.63, 3.8) is 0 Å². The van der Waals surface area contributed by atoms with Crippen LogP contribution in [0.25, 0.3) is 0 Å². The third-order valence-corrected chi connectivity index (χ3v) is 5.11. The first-order valence-corrected chi connectivity index (χ1v) is 8.96. The van der Waals surface area contributed by atoms with E-state index in [0.717, 1.165) is 26.2 Å². The number of rotatable bonds is 7. The van der Waals surface area contributed by atoms with E-state index in [1.54, 1.807) is 0 Å². The van der Waals surface area contributed by atoms with E-state index in [9.17, 15) is 0 Å². The molecule has 1 aromatic heterocycles.